The Morgan fingerprint density at radius 2 is 1.62 bits per heavy atom. The van der Waals surface area contributed by atoms with E-state index in [-0.39, 0.29) is 23.9 Å². The summed E-state index contributed by atoms with van der Waals surface area (Å²) in [6.07, 6.45) is 9.21. The fraction of sp³-hybridized carbons (Fsp3) is 0.950. The van der Waals surface area contributed by atoms with Gasteiger partial charge in [-0.15, -0.1) is 0 Å². The number of carbonyl (C=O) groups is 1. The van der Waals surface area contributed by atoms with Crippen LogP contribution in [0.5, 0.6) is 0 Å². The molecular formula is C20H35NO3. The molecule has 24 heavy (non-hydrogen) atoms. The molecule has 1 aliphatic heterocycles. The number of likely N-dealkylation sites (tertiary alicyclic amines) is 1. The quantitative estimate of drug-likeness (QED) is 0.761. The lowest BCUT2D eigenvalue weighted by Crippen LogP contribution is -2.58. The lowest BCUT2D eigenvalue weighted by molar-refractivity contribution is -0.130. The van der Waals surface area contributed by atoms with Crippen LogP contribution < -0.4 is 0 Å². The second kappa shape index (κ2) is 7.05. The summed E-state index contributed by atoms with van der Waals surface area (Å²) in [5.74, 6) is 0.725. The van der Waals surface area contributed by atoms with Gasteiger partial charge in [-0.05, 0) is 38.1 Å². The molecule has 3 fully saturated rings. The number of nitrogens with zero attached hydrogens (tertiary/aromatic N) is 1. The van der Waals surface area contributed by atoms with Gasteiger partial charge in [0.15, 0.2) is 0 Å². The van der Waals surface area contributed by atoms with Crippen molar-refractivity contribution in [1.82, 2.24) is 4.90 Å². The summed E-state index contributed by atoms with van der Waals surface area (Å²) in [4.78, 5) is 14.5. The zero-order valence-corrected chi connectivity index (χ0v) is 15.5. The maximum Gasteiger partial charge on any atom is 0.124 e. The van der Waals surface area contributed by atoms with Gasteiger partial charge in [-0.1, -0.05) is 46.0 Å². The van der Waals surface area contributed by atoms with Crippen molar-refractivity contribution in [2.24, 2.45) is 23.2 Å². The monoisotopic (exact) mass is 337 g/mol. The fourth-order valence-corrected chi connectivity index (χ4v) is 6.32. The Hall–Kier alpha value is -0.450. The van der Waals surface area contributed by atoms with Crippen molar-refractivity contribution in [3.63, 3.8) is 0 Å². The number of hydrogen-bond donors (Lipinski definition) is 2. The first kappa shape index (κ1) is 18.3. The maximum absolute atomic E-state index is 12.0. The van der Waals surface area contributed by atoms with Gasteiger partial charge in [0.1, 0.15) is 6.29 Å². The summed E-state index contributed by atoms with van der Waals surface area (Å²) in [5.41, 5.74) is -0.394. The van der Waals surface area contributed by atoms with Crippen molar-refractivity contribution in [2.75, 3.05) is 7.05 Å². The van der Waals surface area contributed by atoms with E-state index in [0.29, 0.717) is 12.3 Å². The molecule has 2 N–H and O–H groups in total. The summed E-state index contributed by atoms with van der Waals surface area (Å²) >= 11 is 0. The molecule has 3 rings (SSSR count). The second-order valence-corrected chi connectivity index (χ2v) is 9.15. The number of carbonyl (C=O) groups excluding carboxylic acids is 1. The third-order valence-corrected chi connectivity index (χ3v) is 7.40. The molecule has 1 heterocycles. The van der Waals surface area contributed by atoms with Crippen molar-refractivity contribution in [3.05, 3.63) is 0 Å². The largest absolute Gasteiger partial charge is 0.390 e. The molecule has 0 aromatic carbocycles. The van der Waals surface area contributed by atoms with Crippen LogP contribution >= 0.6 is 0 Å². The molecule has 6 unspecified atom stereocenters. The van der Waals surface area contributed by atoms with Crippen LogP contribution in [-0.4, -0.2) is 52.7 Å². The summed E-state index contributed by atoms with van der Waals surface area (Å²) in [6.45, 7) is 4.10. The Kier molecular flexibility index (Phi) is 5.39. The van der Waals surface area contributed by atoms with E-state index in [1.807, 2.05) is 0 Å². The number of rotatable bonds is 2. The lowest BCUT2D eigenvalue weighted by atomic mass is 9.63. The first-order chi connectivity index (χ1) is 11.4. The molecule has 0 amide bonds. The topological polar surface area (TPSA) is 60.8 Å². The van der Waals surface area contributed by atoms with E-state index >= 15 is 0 Å². The molecule has 0 radical (unpaired) electrons. The van der Waals surface area contributed by atoms with E-state index < -0.39 is 17.6 Å². The highest BCUT2D eigenvalue weighted by molar-refractivity contribution is 5.57. The summed E-state index contributed by atoms with van der Waals surface area (Å²) in [5, 5.41) is 20.9. The third kappa shape index (κ3) is 2.95. The first-order valence-corrected chi connectivity index (χ1v) is 9.93. The molecule has 4 nitrogen and oxygen atoms in total. The molecule has 6 atom stereocenters. The molecule has 0 aromatic rings. The zero-order chi connectivity index (χ0) is 17.5. The SMILES string of the molecule is CN1C(C2CCCCCCC2)C(C=O)C2CC(O)C(O)C(C)(C)C21. The lowest BCUT2D eigenvalue weighted by Gasteiger charge is -2.49. The highest BCUT2D eigenvalue weighted by Crippen LogP contribution is 2.52. The second-order valence-electron chi connectivity index (χ2n) is 9.15. The normalized spacial score (nSPS) is 44.5. The Morgan fingerprint density at radius 3 is 2.21 bits per heavy atom. The minimum Gasteiger partial charge on any atom is -0.390 e. The number of aliphatic hydroxyl groups is 2. The van der Waals surface area contributed by atoms with Gasteiger partial charge < -0.3 is 15.0 Å². The summed E-state index contributed by atoms with van der Waals surface area (Å²) in [7, 11) is 2.15. The molecule has 0 bridgehead atoms. The summed E-state index contributed by atoms with van der Waals surface area (Å²) < 4.78 is 0. The summed E-state index contributed by atoms with van der Waals surface area (Å²) in [6, 6.07) is 0.439. The van der Waals surface area contributed by atoms with Crippen LogP contribution in [0.25, 0.3) is 0 Å². The van der Waals surface area contributed by atoms with Crippen LogP contribution in [0.2, 0.25) is 0 Å². The average Bonchev–Trinajstić information content (AvgIpc) is 2.77. The minimum absolute atomic E-state index is 0.00847. The first-order valence-electron chi connectivity index (χ1n) is 9.93. The van der Waals surface area contributed by atoms with Gasteiger partial charge >= 0.3 is 0 Å². The van der Waals surface area contributed by atoms with Crippen molar-refractivity contribution in [1.29, 1.82) is 0 Å². The molecule has 2 aliphatic carbocycles. The van der Waals surface area contributed by atoms with Crippen LogP contribution in [0.4, 0.5) is 0 Å². The standard InChI is InChI=1S/C20H35NO3/c1-20(2)18-14(11-16(23)19(20)24)15(12-22)17(21(18)3)13-9-7-5-4-6-8-10-13/h12-19,23-24H,4-11H2,1-3H3. The van der Waals surface area contributed by atoms with Gasteiger partial charge in [0.25, 0.3) is 0 Å². The third-order valence-electron chi connectivity index (χ3n) is 7.40. The molecule has 4 heteroatoms. The molecular weight excluding hydrogens is 302 g/mol. The van der Waals surface area contributed by atoms with E-state index in [4.69, 9.17) is 0 Å². The molecule has 1 saturated heterocycles. The fourth-order valence-electron chi connectivity index (χ4n) is 6.32. The maximum atomic E-state index is 12.0. The van der Waals surface area contributed by atoms with Crippen LogP contribution in [0, 0.1) is 23.2 Å². The number of fused-ring (bicyclic) bond motifs is 1. The van der Waals surface area contributed by atoms with Crippen LogP contribution in [-0.2, 0) is 4.79 Å². The van der Waals surface area contributed by atoms with E-state index in [9.17, 15) is 15.0 Å². The Balaban J connectivity index is 1.89. The molecule has 3 aliphatic rings. The number of aldehydes is 1. The Labute approximate surface area is 146 Å². The smallest absolute Gasteiger partial charge is 0.124 e. The van der Waals surface area contributed by atoms with Crippen LogP contribution in [0.15, 0.2) is 0 Å². The van der Waals surface area contributed by atoms with Gasteiger partial charge in [-0.25, -0.2) is 0 Å². The molecule has 0 aromatic heterocycles. The van der Waals surface area contributed by atoms with Crippen molar-refractivity contribution in [2.45, 2.75) is 89.5 Å². The van der Waals surface area contributed by atoms with Gasteiger partial charge in [0.05, 0.1) is 12.2 Å². The average molecular weight is 338 g/mol. The van der Waals surface area contributed by atoms with Crippen molar-refractivity contribution in [3.8, 4) is 0 Å². The number of hydrogen-bond acceptors (Lipinski definition) is 4. The van der Waals surface area contributed by atoms with Crippen molar-refractivity contribution >= 4 is 6.29 Å². The van der Waals surface area contributed by atoms with Gasteiger partial charge in [-0.3, -0.25) is 4.90 Å². The predicted octanol–water partition coefficient (Wildman–Crippen LogP) is 2.61. The number of aliphatic hydroxyl groups excluding tert-OH is 2. The van der Waals surface area contributed by atoms with E-state index in [0.717, 1.165) is 6.29 Å². The molecule has 0 spiro atoms. The Bertz CT molecular complexity index is 444. The predicted molar refractivity (Wildman–Crippen MR) is 94.6 cm³/mol. The van der Waals surface area contributed by atoms with Crippen LogP contribution in [0.1, 0.15) is 65.2 Å². The molecule has 138 valence electrons. The molecule has 2 saturated carbocycles. The van der Waals surface area contributed by atoms with E-state index in [2.05, 4.69) is 25.8 Å². The highest BCUT2D eigenvalue weighted by Gasteiger charge is 2.60. The van der Waals surface area contributed by atoms with E-state index in [1.165, 1.54) is 44.9 Å². The highest BCUT2D eigenvalue weighted by atomic mass is 16.3. The van der Waals surface area contributed by atoms with E-state index in [1.54, 1.807) is 0 Å². The minimum atomic E-state index is -0.718. The van der Waals surface area contributed by atoms with Crippen molar-refractivity contribution < 1.29 is 15.0 Å². The Morgan fingerprint density at radius 1 is 1.04 bits per heavy atom. The van der Waals surface area contributed by atoms with Gasteiger partial charge in [0.2, 0.25) is 0 Å². The van der Waals surface area contributed by atoms with Gasteiger partial charge in [0, 0.05) is 23.4 Å². The van der Waals surface area contributed by atoms with Gasteiger partial charge in [-0.2, -0.15) is 0 Å². The zero-order valence-electron chi connectivity index (χ0n) is 15.5. The van der Waals surface area contributed by atoms with Crippen LogP contribution in [0.3, 0.4) is 0 Å².